The van der Waals surface area contributed by atoms with Crippen LogP contribution in [0, 0.1) is 6.92 Å². The van der Waals surface area contributed by atoms with E-state index in [4.69, 9.17) is 9.15 Å². The van der Waals surface area contributed by atoms with Crippen molar-refractivity contribution in [2.45, 2.75) is 44.9 Å². The topological polar surface area (TPSA) is 22.4 Å². The van der Waals surface area contributed by atoms with Gasteiger partial charge < -0.3 is 9.15 Å². The molecule has 0 amide bonds. The Morgan fingerprint density at radius 3 is 2.77 bits per heavy atom. The van der Waals surface area contributed by atoms with Crippen LogP contribution >= 0.6 is 0 Å². The number of ether oxygens (including phenoxy) is 1. The predicted molar refractivity (Wildman–Crippen MR) is 121 cm³/mol. The Morgan fingerprint density at radius 2 is 1.80 bits per heavy atom. The molecule has 1 aliphatic heterocycles. The normalized spacial score (nSPS) is 17.2. The van der Waals surface area contributed by atoms with Crippen LogP contribution in [0.1, 0.15) is 51.3 Å². The van der Waals surface area contributed by atoms with E-state index in [9.17, 15) is 0 Å². The van der Waals surface area contributed by atoms with Crippen LogP contribution < -0.4 is 4.74 Å². The Kier molecular flexibility index (Phi) is 4.19. The molecular formula is C28H26O2. The van der Waals surface area contributed by atoms with Crippen LogP contribution in [-0.2, 0) is 25.7 Å². The molecule has 0 radical (unpaired) electrons. The van der Waals surface area contributed by atoms with Crippen molar-refractivity contribution in [3.8, 4) is 5.75 Å². The first kappa shape index (κ1) is 17.8. The Bertz CT molecular complexity index is 1250. The molecule has 0 fully saturated rings. The molecule has 1 atom stereocenters. The van der Waals surface area contributed by atoms with Gasteiger partial charge in [0.2, 0.25) is 0 Å². The Morgan fingerprint density at radius 1 is 0.900 bits per heavy atom. The lowest BCUT2D eigenvalue weighted by molar-refractivity contribution is 0.357. The molecule has 4 aromatic rings. The molecule has 0 bridgehead atoms. The van der Waals surface area contributed by atoms with Gasteiger partial charge in [-0.1, -0.05) is 42.5 Å². The zero-order valence-electron chi connectivity index (χ0n) is 17.4. The molecule has 0 N–H and O–H groups in total. The molecule has 0 spiro atoms. The largest absolute Gasteiger partial charge is 0.493 e. The summed E-state index contributed by atoms with van der Waals surface area (Å²) in [5.41, 5.74) is 10.9. The smallest absolute Gasteiger partial charge is 0.137 e. The monoisotopic (exact) mass is 394 g/mol. The number of aryl methyl sites for hydroxylation is 2. The molecule has 2 aliphatic rings. The van der Waals surface area contributed by atoms with E-state index in [-0.39, 0.29) is 0 Å². The van der Waals surface area contributed by atoms with E-state index in [1.54, 1.807) is 11.8 Å². The average Bonchev–Trinajstić information content (AvgIpc) is 3.50. The molecule has 0 saturated heterocycles. The van der Waals surface area contributed by atoms with Crippen LogP contribution in [0.2, 0.25) is 0 Å². The first-order valence-corrected chi connectivity index (χ1v) is 11.1. The molecule has 3 aromatic carbocycles. The highest BCUT2D eigenvalue weighted by Gasteiger charge is 2.24. The standard InChI is InChI=1S/C28H26O2/c1-18-2-5-23(26-11-13-30-28(18)26)16-19-3-8-25-21(14-19)6-7-22(25)15-20-4-9-27-24(17-20)10-12-29-27/h2-5,8-9,11,13-14,17,22H,6-7,10,12,15-16H2,1H3. The van der Waals surface area contributed by atoms with Crippen LogP contribution in [-0.4, -0.2) is 6.61 Å². The van der Waals surface area contributed by atoms with Crippen molar-refractivity contribution in [1.29, 1.82) is 0 Å². The number of hydrogen-bond donors (Lipinski definition) is 0. The summed E-state index contributed by atoms with van der Waals surface area (Å²) in [5.74, 6) is 1.72. The summed E-state index contributed by atoms with van der Waals surface area (Å²) >= 11 is 0. The van der Waals surface area contributed by atoms with E-state index in [0.717, 1.165) is 37.2 Å². The van der Waals surface area contributed by atoms with Gasteiger partial charge in [-0.2, -0.15) is 0 Å². The fourth-order valence-corrected chi connectivity index (χ4v) is 5.37. The third-order valence-electron chi connectivity index (χ3n) is 6.94. The molecule has 1 unspecified atom stereocenters. The third-order valence-corrected chi connectivity index (χ3v) is 6.94. The van der Waals surface area contributed by atoms with E-state index < -0.39 is 0 Å². The number of furan rings is 1. The summed E-state index contributed by atoms with van der Waals surface area (Å²) < 4.78 is 11.4. The molecule has 2 heteroatoms. The van der Waals surface area contributed by atoms with Gasteiger partial charge in [-0.25, -0.2) is 0 Å². The molecular weight excluding hydrogens is 368 g/mol. The highest BCUT2D eigenvalue weighted by atomic mass is 16.5. The molecule has 2 heterocycles. The summed E-state index contributed by atoms with van der Waals surface area (Å²) in [7, 11) is 0. The third kappa shape index (κ3) is 3.02. The second-order valence-corrected chi connectivity index (χ2v) is 8.90. The predicted octanol–water partition coefficient (Wildman–Crippen LogP) is 6.54. The van der Waals surface area contributed by atoms with Gasteiger partial charge in [-0.3, -0.25) is 0 Å². The average molecular weight is 395 g/mol. The lowest BCUT2D eigenvalue weighted by Crippen LogP contribution is -2.00. The Balaban J connectivity index is 1.24. The van der Waals surface area contributed by atoms with Gasteiger partial charge >= 0.3 is 0 Å². The zero-order valence-corrected chi connectivity index (χ0v) is 17.4. The van der Waals surface area contributed by atoms with E-state index in [2.05, 4.69) is 61.5 Å². The zero-order chi connectivity index (χ0) is 20.1. The minimum atomic E-state index is 0.634. The Hall–Kier alpha value is -3.00. The van der Waals surface area contributed by atoms with Crippen molar-refractivity contribution in [3.63, 3.8) is 0 Å². The van der Waals surface area contributed by atoms with Gasteiger partial charge in [0.1, 0.15) is 11.3 Å². The van der Waals surface area contributed by atoms with E-state index >= 15 is 0 Å². The molecule has 150 valence electrons. The molecule has 1 aromatic heterocycles. The van der Waals surface area contributed by atoms with Gasteiger partial charge in [-0.05, 0) is 89.6 Å². The summed E-state index contributed by atoms with van der Waals surface area (Å²) in [6, 6.07) is 20.5. The van der Waals surface area contributed by atoms with E-state index in [1.807, 2.05) is 0 Å². The minimum absolute atomic E-state index is 0.634. The van der Waals surface area contributed by atoms with Gasteiger partial charge in [0.15, 0.2) is 0 Å². The van der Waals surface area contributed by atoms with Gasteiger partial charge in [-0.15, -0.1) is 0 Å². The minimum Gasteiger partial charge on any atom is -0.493 e. The molecule has 2 nitrogen and oxygen atoms in total. The first-order chi connectivity index (χ1) is 14.7. The van der Waals surface area contributed by atoms with Crippen molar-refractivity contribution in [3.05, 3.63) is 99.8 Å². The first-order valence-electron chi connectivity index (χ1n) is 11.1. The summed E-state index contributed by atoms with van der Waals surface area (Å²) in [6.07, 6.45) is 7.39. The summed E-state index contributed by atoms with van der Waals surface area (Å²) in [4.78, 5) is 0. The number of rotatable bonds is 4. The second kappa shape index (κ2) is 7.05. The Labute approximate surface area is 177 Å². The molecule has 0 saturated carbocycles. The number of hydrogen-bond acceptors (Lipinski definition) is 2. The molecule has 1 aliphatic carbocycles. The fraction of sp³-hybridized carbons (Fsp3) is 0.286. The fourth-order valence-electron chi connectivity index (χ4n) is 5.37. The number of fused-ring (bicyclic) bond motifs is 3. The maximum absolute atomic E-state index is 5.69. The highest BCUT2D eigenvalue weighted by molar-refractivity contribution is 5.84. The van der Waals surface area contributed by atoms with Gasteiger partial charge in [0.25, 0.3) is 0 Å². The number of benzene rings is 3. The maximum Gasteiger partial charge on any atom is 0.137 e. The maximum atomic E-state index is 5.69. The second-order valence-electron chi connectivity index (χ2n) is 8.90. The van der Waals surface area contributed by atoms with Crippen LogP contribution in [0.15, 0.2) is 65.3 Å². The van der Waals surface area contributed by atoms with Crippen molar-refractivity contribution >= 4 is 11.0 Å². The van der Waals surface area contributed by atoms with Gasteiger partial charge in [0, 0.05) is 11.8 Å². The molecule has 6 rings (SSSR count). The molecule has 30 heavy (non-hydrogen) atoms. The van der Waals surface area contributed by atoms with Crippen LogP contribution in [0.3, 0.4) is 0 Å². The van der Waals surface area contributed by atoms with Gasteiger partial charge in [0.05, 0.1) is 12.9 Å². The van der Waals surface area contributed by atoms with Crippen molar-refractivity contribution in [2.75, 3.05) is 6.61 Å². The SMILES string of the molecule is Cc1ccc(Cc2ccc3c(c2)CCC3Cc2ccc3c(c2)CCO3)c2ccoc12. The van der Waals surface area contributed by atoms with Crippen LogP contribution in [0.5, 0.6) is 5.75 Å². The van der Waals surface area contributed by atoms with Crippen molar-refractivity contribution in [1.82, 2.24) is 0 Å². The van der Waals surface area contributed by atoms with Crippen LogP contribution in [0.4, 0.5) is 0 Å². The lowest BCUT2D eigenvalue weighted by Gasteiger charge is -2.13. The summed E-state index contributed by atoms with van der Waals surface area (Å²) in [6.45, 7) is 2.94. The van der Waals surface area contributed by atoms with Crippen molar-refractivity contribution < 1.29 is 9.15 Å². The lowest BCUT2D eigenvalue weighted by atomic mass is 9.91. The van der Waals surface area contributed by atoms with E-state index in [0.29, 0.717) is 5.92 Å². The summed E-state index contributed by atoms with van der Waals surface area (Å²) in [5, 5.41) is 1.24. The van der Waals surface area contributed by atoms with E-state index in [1.165, 1.54) is 51.6 Å². The van der Waals surface area contributed by atoms with Crippen molar-refractivity contribution in [2.24, 2.45) is 0 Å². The highest BCUT2D eigenvalue weighted by Crippen LogP contribution is 2.38. The quantitative estimate of drug-likeness (QED) is 0.392. The van der Waals surface area contributed by atoms with Crippen LogP contribution in [0.25, 0.3) is 11.0 Å².